The second kappa shape index (κ2) is 9.64. The predicted molar refractivity (Wildman–Crippen MR) is 106 cm³/mol. The Labute approximate surface area is 168 Å². The molecular weight excluding hydrogens is 382 g/mol. The van der Waals surface area contributed by atoms with E-state index in [2.05, 4.69) is 10.2 Å². The molecule has 1 aliphatic heterocycles. The highest BCUT2D eigenvalue weighted by atomic mass is 35.5. The summed E-state index contributed by atoms with van der Waals surface area (Å²) in [5.41, 5.74) is 1.29. The molecule has 7 nitrogen and oxygen atoms in total. The molecule has 0 spiro atoms. The topological polar surface area (TPSA) is 84.7 Å². The molecule has 0 radical (unpaired) electrons. The maximum atomic E-state index is 12.5. The lowest BCUT2D eigenvalue weighted by atomic mass is 10.0. The Morgan fingerprint density at radius 2 is 1.86 bits per heavy atom. The molecule has 2 aromatic rings. The van der Waals surface area contributed by atoms with Gasteiger partial charge < -0.3 is 10.1 Å². The van der Waals surface area contributed by atoms with Gasteiger partial charge in [-0.05, 0) is 11.6 Å². The molecular formula is C20H22ClN3O4. The summed E-state index contributed by atoms with van der Waals surface area (Å²) >= 11 is 6.39. The molecule has 1 fully saturated rings. The summed E-state index contributed by atoms with van der Waals surface area (Å²) in [6.07, 6.45) is -0.0461. The van der Waals surface area contributed by atoms with Gasteiger partial charge in [-0.3, -0.25) is 19.8 Å². The first-order valence-electron chi connectivity index (χ1n) is 9.11. The number of rotatable bonds is 7. The van der Waals surface area contributed by atoms with Crippen molar-refractivity contribution >= 4 is 23.2 Å². The molecule has 8 heteroatoms. The van der Waals surface area contributed by atoms with Crippen LogP contribution >= 0.6 is 11.6 Å². The van der Waals surface area contributed by atoms with Gasteiger partial charge >= 0.3 is 0 Å². The third-order valence-corrected chi connectivity index (χ3v) is 5.13. The molecule has 1 amide bonds. The molecule has 0 saturated carbocycles. The lowest BCUT2D eigenvalue weighted by Crippen LogP contribution is -2.44. The van der Waals surface area contributed by atoms with E-state index in [1.807, 2.05) is 24.3 Å². The number of nitrogens with one attached hydrogen (secondary N) is 1. The number of ether oxygens (including phenoxy) is 1. The van der Waals surface area contributed by atoms with Gasteiger partial charge in [0.2, 0.25) is 5.91 Å². The molecule has 0 aromatic heterocycles. The summed E-state index contributed by atoms with van der Waals surface area (Å²) < 4.78 is 5.43. The third kappa shape index (κ3) is 5.07. The number of hydrogen-bond acceptors (Lipinski definition) is 5. The van der Waals surface area contributed by atoms with E-state index in [9.17, 15) is 14.9 Å². The zero-order valence-electron chi connectivity index (χ0n) is 15.3. The number of nitrogens with zero attached hydrogens (tertiary/aromatic N) is 2. The van der Waals surface area contributed by atoms with E-state index in [1.54, 1.807) is 18.2 Å². The van der Waals surface area contributed by atoms with Gasteiger partial charge in [0.15, 0.2) is 0 Å². The summed E-state index contributed by atoms with van der Waals surface area (Å²) in [5.74, 6) is -0.264. The van der Waals surface area contributed by atoms with E-state index in [4.69, 9.17) is 16.3 Å². The fraction of sp³-hybridized carbons (Fsp3) is 0.350. The average molecular weight is 404 g/mol. The van der Waals surface area contributed by atoms with Gasteiger partial charge in [-0.1, -0.05) is 48.0 Å². The van der Waals surface area contributed by atoms with Crippen molar-refractivity contribution in [2.75, 3.05) is 32.8 Å². The average Bonchev–Trinajstić information content (AvgIpc) is 2.70. The molecule has 148 valence electrons. The fourth-order valence-electron chi connectivity index (χ4n) is 3.35. The van der Waals surface area contributed by atoms with Crippen molar-refractivity contribution in [3.8, 4) is 0 Å². The number of nitro groups is 1. The van der Waals surface area contributed by atoms with Crippen molar-refractivity contribution in [1.82, 2.24) is 10.2 Å². The first kappa shape index (κ1) is 20.3. The van der Waals surface area contributed by atoms with Gasteiger partial charge in [0.05, 0.1) is 30.6 Å². The Kier molecular flexibility index (Phi) is 6.97. The normalized spacial score (nSPS) is 15.8. The van der Waals surface area contributed by atoms with Crippen LogP contribution in [-0.2, 0) is 16.0 Å². The summed E-state index contributed by atoms with van der Waals surface area (Å²) in [5, 5.41) is 14.7. The van der Waals surface area contributed by atoms with Gasteiger partial charge in [-0.15, -0.1) is 0 Å². The smallest absolute Gasteiger partial charge is 0.273 e. The van der Waals surface area contributed by atoms with E-state index in [1.165, 1.54) is 6.07 Å². The largest absolute Gasteiger partial charge is 0.379 e. The number of benzene rings is 2. The number of amides is 1. The first-order valence-corrected chi connectivity index (χ1v) is 9.49. The Bertz CT molecular complexity index is 840. The van der Waals surface area contributed by atoms with Crippen LogP contribution in [-0.4, -0.2) is 48.6 Å². The highest BCUT2D eigenvalue weighted by Gasteiger charge is 2.25. The van der Waals surface area contributed by atoms with Crippen LogP contribution in [0.25, 0.3) is 0 Å². The number of carbonyl (C=O) groups is 1. The SMILES string of the molecule is O=C(Cc1ccccc1[N+](=O)[O-])NCC(c1ccccc1Cl)N1CCOCC1. The lowest BCUT2D eigenvalue weighted by molar-refractivity contribution is -0.385. The van der Waals surface area contributed by atoms with Crippen LogP contribution in [0.1, 0.15) is 17.2 Å². The number of carbonyl (C=O) groups excluding carboxylic acids is 1. The van der Waals surface area contributed by atoms with E-state index in [-0.39, 0.29) is 24.1 Å². The second-order valence-corrected chi connectivity index (χ2v) is 6.96. The van der Waals surface area contributed by atoms with E-state index < -0.39 is 4.92 Å². The van der Waals surface area contributed by atoms with Crippen LogP contribution in [0.3, 0.4) is 0 Å². The lowest BCUT2D eigenvalue weighted by Gasteiger charge is -2.35. The first-order chi connectivity index (χ1) is 13.6. The summed E-state index contributed by atoms with van der Waals surface area (Å²) in [6.45, 7) is 3.12. The van der Waals surface area contributed by atoms with Crippen molar-refractivity contribution in [2.24, 2.45) is 0 Å². The molecule has 1 aliphatic rings. The van der Waals surface area contributed by atoms with E-state index in [0.717, 1.165) is 18.7 Å². The minimum atomic E-state index is -0.469. The highest BCUT2D eigenvalue weighted by Crippen LogP contribution is 2.28. The molecule has 1 heterocycles. The minimum absolute atomic E-state index is 0.0461. The maximum Gasteiger partial charge on any atom is 0.273 e. The van der Waals surface area contributed by atoms with Gasteiger partial charge in [0.1, 0.15) is 0 Å². The molecule has 1 saturated heterocycles. The maximum absolute atomic E-state index is 12.5. The monoisotopic (exact) mass is 403 g/mol. The zero-order chi connectivity index (χ0) is 19.9. The fourth-order valence-corrected chi connectivity index (χ4v) is 3.62. The standard InChI is InChI=1S/C20H22ClN3O4/c21-17-7-3-2-6-16(17)19(23-9-11-28-12-10-23)14-22-20(25)13-15-5-1-4-8-18(15)24(26)27/h1-8,19H,9-14H2,(H,22,25). The molecule has 2 aromatic carbocycles. The Hall–Kier alpha value is -2.48. The van der Waals surface area contributed by atoms with Gasteiger partial charge in [0.25, 0.3) is 5.69 Å². The minimum Gasteiger partial charge on any atom is -0.379 e. The number of para-hydroxylation sites is 1. The van der Waals surface area contributed by atoms with E-state index in [0.29, 0.717) is 30.3 Å². The molecule has 0 bridgehead atoms. The molecule has 1 unspecified atom stereocenters. The Morgan fingerprint density at radius 1 is 1.18 bits per heavy atom. The number of halogens is 1. The highest BCUT2D eigenvalue weighted by molar-refractivity contribution is 6.31. The van der Waals surface area contributed by atoms with Crippen molar-refractivity contribution in [3.05, 3.63) is 74.8 Å². The van der Waals surface area contributed by atoms with Crippen LogP contribution in [0.5, 0.6) is 0 Å². The Balaban J connectivity index is 1.70. The third-order valence-electron chi connectivity index (χ3n) is 4.78. The van der Waals surface area contributed by atoms with Crippen molar-refractivity contribution in [2.45, 2.75) is 12.5 Å². The quantitative estimate of drug-likeness (QED) is 0.567. The summed E-state index contributed by atoms with van der Waals surface area (Å²) in [4.78, 5) is 25.4. The van der Waals surface area contributed by atoms with Crippen molar-refractivity contribution in [3.63, 3.8) is 0 Å². The van der Waals surface area contributed by atoms with Crippen molar-refractivity contribution < 1.29 is 14.5 Å². The molecule has 1 N–H and O–H groups in total. The second-order valence-electron chi connectivity index (χ2n) is 6.55. The van der Waals surface area contributed by atoms with Gasteiger partial charge in [0, 0.05) is 36.3 Å². The van der Waals surface area contributed by atoms with E-state index >= 15 is 0 Å². The summed E-state index contributed by atoms with van der Waals surface area (Å²) in [7, 11) is 0. The molecule has 0 aliphatic carbocycles. The Morgan fingerprint density at radius 3 is 2.57 bits per heavy atom. The van der Waals surface area contributed by atoms with Crippen LogP contribution in [0.15, 0.2) is 48.5 Å². The van der Waals surface area contributed by atoms with Gasteiger partial charge in [-0.25, -0.2) is 0 Å². The molecule has 1 atom stereocenters. The van der Waals surface area contributed by atoms with Crippen LogP contribution in [0.4, 0.5) is 5.69 Å². The number of morpholine rings is 1. The van der Waals surface area contributed by atoms with Crippen LogP contribution < -0.4 is 5.32 Å². The van der Waals surface area contributed by atoms with Crippen LogP contribution in [0.2, 0.25) is 5.02 Å². The van der Waals surface area contributed by atoms with Crippen molar-refractivity contribution in [1.29, 1.82) is 0 Å². The predicted octanol–water partition coefficient (Wildman–Crippen LogP) is 2.98. The van der Waals surface area contributed by atoms with Gasteiger partial charge in [-0.2, -0.15) is 0 Å². The van der Waals surface area contributed by atoms with Crippen LogP contribution in [0, 0.1) is 10.1 Å². The number of hydrogen-bond donors (Lipinski definition) is 1. The summed E-state index contributed by atoms with van der Waals surface area (Å²) in [6, 6.07) is 13.8. The number of nitro benzene ring substituents is 1. The zero-order valence-corrected chi connectivity index (χ0v) is 16.1. The molecule has 3 rings (SSSR count). The molecule has 28 heavy (non-hydrogen) atoms.